The molecule has 140 valence electrons. The lowest BCUT2D eigenvalue weighted by Gasteiger charge is -2.30. The van der Waals surface area contributed by atoms with Crippen LogP contribution in [-0.2, 0) is 6.42 Å². The van der Waals surface area contributed by atoms with Crippen LogP contribution in [0.2, 0.25) is 5.02 Å². The summed E-state index contributed by atoms with van der Waals surface area (Å²) in [7, 11) is 0. The zero-order valence-electron chi connectivity index (χ0n) is 15.4. The van der Waals surface area contributed by atoms with E-state index in [1.54, 1.807) is 19.1 Å². The molecule has 2 aromatic carbocycles. The normalized spacial score (nSPS) is 14.4. The Morgan fingerprint density at radius 3 is 2.78 bits per heavy atom. The van der Waals surface area contributed by atoms with Gasteiger partial charge in [0.2, 0.25) is 0 Å². The summed E-state index contributed by atoms with van der Waals surface area (Å²) >= 11 is 6.06. The lowest BCUT2D eigenvalue weighted by atomic mass is 9.87. The molecule has 0 bridgehead atoms. The van der Waals surface area contributed by atoms with E-state index in [0.717, 1.165) is 36.8 Å². The quantitative estimate of drug-likeness (QED) is 0.641. The van der Waals surface area contributed by atoms with E-state index in [4.69, 9.17) is 11.6 Å². The largest absolute Gasteiger partial charge is 0.337 e. The van der Waals surface area contributed by atoms with E-state index >= 15 is 0 Å². The molecule has 1 aliphatic rings. The fourth-order valence-electron chi connectivity index (χ4n) is 3.51. The van der Waals surface area contributed by atoms with Crippen molar-refractivity contribution in [3.8, 4) is 0 Å². The summed E-state index contributed by atoms with van der Waals surface area (Å²) < 4.78 is 14.5. The number of anilines is 2. The molecule has 0 atom stereocenters. The average molecular weight is 385 g/mol. The van der Waals surface area contributed by atoms with E-state index in [1.807, 2.05) is 0 Å². The summed E-state index contributed by atoms with van der Waals surface area (Å²) in [6.45, 7) is 5.94. The summed E-state index contributed by atoms with van der Waals surface area (Å²) in [4.78, 5) is 8.81. The Balaban J connectivity index is 1.80. The maximum Gasteiger partial charge on any atom is 0.165 e. The second-order valence-electron chi connectivity index (χ2n) is 7.08. The van der Waals surface area contributed by atoms with Crippen molar-refractivity contribution in [2.75, 3.05) is 18.4 Å². The molecule has 3 aromatic rings. The third-order valence-electron chi connectivity index (χ3n) is 5.17. The number of rotatable bonds is 5. The molecule has 1 fully saturated rings. The van der Waals surface area contributed by atoms with Gasteiger partial charge in [-0.25, -0.2) is 14.4 Å². The summed E-state index contributed by atoms with van der Waals surface area (Å²) in [5.74, 6) is 0.638. The molecule has 0 amide bonds. The second kappa shape index (κ2) is 7.41. The van der Waals surface area contributed by atoms with Crippen molar-refractivity contribution in [3.63, 3.8) is 0 Å². The van der Waals surface area contributed by atoms with Crippen LogP contribution < -0.4 is 10.6 Å². The average Bonchev–Trinajstić information content (AvgIpc) is 2.62. The number of nitrogens with one attached hydrogen (secondary N) is 2. The van der Waals surface area contributed by atoms with Crippen molar-refractivity contribution in [2.45, 2.75) is 32.6 Å². The number of halogens is 2. The molecule has 0 radical (unpaired) electrons. The SMILES string of the molecule is CCCc1cc2ncnc(Nc3ccc(C)c(Cl)c3F)c2cc1C1CNC1. The Labute approximate surface area is 163 Å². The summed E-state index contributed by atoms with van der Waals surface area (Å²) in [5, 5.41) is 7.48. The Morgan fingerprint density at radius 1 is 1.26 bits per heavy atom. The number of hydrogen-bond donors (Lipinski definition) is 2. The van der Waals surface area contributed by atoms with Crippen LogP contribution in [0.5, 0.6) is 0 Å². The van der Waals surface area contributed by atoms with Gasteiger partial charge in [-0.2, -0.15) is 0 Å². The number of fused-ring (bicyclic) bond motifs is 1. The summed E-state index contributed by atoms with van der Waals surface area (Å²) in [5.41, 5.74) is 4.56. The molecule has 0 spiro atoms. The monoisotopic (exact) mass is 384 g/mol. The van der Waals surface area contributed by atoms with Gasteiger partial charge in [0.05, 0.1) is 16.2 Å². The van der Waals surface area contributed by atoms with E-state index < -0.39 is 5.82 Å². The van der Waals surface area contributed by atoms with E-state index in [1.165, 1.54) is 17.5 Å². The maximum atomic E-state index is 14.5. The zero-order chi connectivity index (χ0) is 19.0. The first-order chi connectivity index (χ1) is 13.1. The molecular formula is C21H22ClFN4. The van der Waals surface area contributed by atoms with Crippen molar-refractivity contribution in [1.29, 1.82) is 0 Å². The molecule has 1 saturated heterocycles. The van der Waals surface area contributed by atoms with Gasteiger partial charge in [-0.3, -0.25) is 0 Å². The highest BCUT2D eigenvalue weighted by molar-refractivity contribution is 6.31. The highest BCUT2D eigenvalue weighted by Crippen LogP contribution is 2.33. The number of aromatic nitrogens is 2. The van der Waals surface area contributed by atoms with E-state index in [-0.39, 0.29) is 5.02 Å². The van der Waals surface area contributed by atoms with E-state index in [2.05, 4.69) is 39.7 Å². The van der Waals surface area contributed by atoms with Crippen molar-refractivity contribution in [2.24, 2.45) is 0 Å². The van der Waals surface area contributed by atoms with Gasteiger partial charge in [-0.15, -0.1) is 0 Å². The van der Waals surface area contributed by atoms with Crippen molar-refractivity contribution in [3.05, 3.63) is 58.1 Å². The van der Waals surface area contributed by atoms with Crippen LogP contribution in [0.15, 0.2) is 30.6 Å². The van der Waals surface area contributed by atoms with Gasteiger partial charge in [-0.1, -0.05) is 31.0 Å². The van der Waals surface area contributed by atoms with Gasteiger partial charge >= 0.3 is 0 Å². The summed E-state index contributed by atoms with van der Waals surface area (Å²) in [6.07, 6.45) is 3.62. The Bertz CT molecular complexity index is 1000. The molecule has 6 heteroatoms. The molecule has 2 N–H and O–H groups in total. The van der Waals surface area contributed by atoms with Crippen molar-refractivity contribution >= 4 is 34.0 Å². The minimum absolute atomic E-state index is 0.129. The van der Waals surface area contributed by atoms with Crippen LogP contribution in [0.1, 0.15) is 36.0 Å². The molecule has 4 rings (SSSR count). The van der Waals surface area contributed by atoms with Gasteiger partial charge in [0.1, 0.15) is 12.1 Å². The Morgan fingerprint density at radius 2 is 2.07 bits per heavy atom. The minimum Gasteiger partial charge on any atom is -0.337 e. The summed E-state index contributed by atoms with van der Waals surface area (Å²) in [6, 6.07) is 7.80. The Hall–Kier alpha value is -2.24. The van der Waals surface area contributed by atoms with Crippen LogP contribution in [0.4, 0.5) is 15.9 Å². The minimum atomic E-state index is -0.463. The standard InChI is InChI=1S/C21H22ClFN4/c1-3-4-13-7-18-16(8-15(13)14-9-24-10-14)21(26-11-25-18)27-17-6-5-12(2)19(22)20(17)23/h5-8,11,14,24H,3-4,9-10H2,1-2H3,(H,25,26,27). The first-order valence-electron chi connectivity index (χ1n) is 9.28. The van der Waals surface area contributed by atoms with Crippen LogP contribution in [-0.4, -0.2) is 23.1 Å². The molecule has 0 aliphatic carbocycles. The fourth-order valence-corrected chi connectivity index (χ4v) is 3.67. The van der Waals surface area contributed by atoms with Gasteiger partial charge in [0.25, 0.3) is 0 Å². The predicted molar refractivity (Wildman–Crippen MR) is 109 cm³/mol. The van der Waals surface area contributed by atoms with Gasteiger partial charge < -0.3 is 10.6 Å². The predicted octanol–water partition coefficient (Wildman–Crippen LogP) is 5.11. The maximum absolute atomic E-state index is 14.5. The highest BCUT2D eigenvalue weighted by atomic mass is 35.5. The third-order valence-corrected chi connectivity index (χ3v) is 5.63. The van der Waals surface area contributed by atoms with Crippen molar-refractivity contribution < 1.29 is 4.39 Å². The van der Waals surface area contributed by atoms with Crippen molar-refractivity contribution in [1.82, 2.24) is 15.3 Å². The van der Waals surface area contributed by atoms with Crippen LogP contribution in [0.25, 0.3) is 10.9 Å². The van der Waals surface area contributed by atoms with Gasteiger partial charge in [-0.05, 0) is 48.2 Å². The second-order valence-corrected chi connectivity index (χ2v) is 7.46. The molecule has 1 aromatic heterocycles. The molecule has 0 saturated carbocycles. The number of aryl methyl sites for hydroxylation is 2. The van der Waals surface area contributed by atoms with E-state index in [9.17, 15) is 4.39 Å². The number of hydrogen-bond acceptors (Lipinski definition) is 4. The number of nitrogens with zero attached hydrogens (tertiary/aromatic N) is 2. The number of benzene rings is 2. The van der Waals surface area contributed by atoms with Gasteiger partial charge in [0, 0.05) is 24.4 Å². The Kier molecular flexibility index (Phi) is 4.98. The highest BCUT2D eigenvalue weighted by Gasteiger charge is 2.23. The van der Waals surface area contributed by atoms with E-state index in [0.29, 0.717) is 23.0 Å². The van der Waals surface area contributed by atoms with Crippen LogP contribution >= 0.6 is 11.6 Å². The molecule has 0 unspecified atom stereocenters. The first kappa shape index (κ1) is 18.1. The molecule has 27 heavy (non-hydrogen) atoms. The van der Waals surface area contributed by atoms with Crippen LogP contribution in [0, 0.1) is 12.7 Å². The zero-order valence-corrected chi connectivity index (χ0v) is 16.2. The topological polar surface area (TPSA) is 49.8 Å². The lowest BCUT2D eigenvalue weighted by molar-refractivity contribution is 0.446. The first-order valence-corrected chi connectivity index (χ1v) is 9.66. The molecule has 4 nitrogen and oxygen atoms in total. The smallest absolute Gasteiger partial charge is 0.165 e. The molecule has 1 aliphatic heterocycles. The molecular weight excluding hydrogens is 363 g/mol. The molecule has 2 heterocycles. The van der Waals surface area contributed by atoms with Crippen LogP contribution in [0.3, 0.4) is 0 Å². The fraction of sp³-hybridized carbons (Fsp3) is 0.333. The lowest BCUT2D eigenvalue weighted by Crippen LogP contribution is -2.40. The van der Waals surface area contributed by atoms with Gasteiger partial charge in [0.15, 0.2) is 5.82 Å². The third kappa shape index (κ3) is 3.37.